The molecule has 1 aromatic carbocycles. The third-order valence-electron chi connectivity index (χ3n) is 7.94. The summed E-state index contributed by atoms with van der Waals surface area (Å²) in [5.74, 6) is 0.288. The van der Waals surface area contributed by atoms with Crippen molar-refractivity contribution in [2.45, 2.75) is 111 Å². The molecule has 0 aliphatic carbocycles. The van der Waals surface area contributed by atoms with Crippen molar-refractivity contribution in [1.29, 1.82) is 0 Å². The SMILES string of the molecule is COCCCOc1cc(C[C@@H](CC2C(C[C@H](C(=O)O)C(C)C)OC(C)(C)N2C(=O)OC(C)(C)C)C(C)C)ccc1OC. The summed E-state index contributed by atoms with van der Waals surface area (Å²) < 4.78 is 29.0. The molecule has 240 valence electrons. The van der Waals surface area contributed by atoms with Crippen LogP contribution in [0.4, 0.5) is 4.79 Å². The fourth-order valence-corrected chi connectivity index (χ4v) is 5.66. The number of carbonyl (C=O) groups is 2. The first-order valence-electron chi connectivity index (χ1n) is 15.2. The number of benzene rings is 1. The lowest BCUT2D eigenvalue weighted by atomic mass is 9.80. The zero-order valence-corrected chi connectivity index (χ0v) is 27.7. The summed E-state index contributed by atoms with van der Waals surface area (Å²) in [6.07, 6.45) is 1.56. The summed E-state index contributed by atoms with van der Waals surface area (Å²) in [7, 11) is 3.30. The van der Waals surface area contributed by atoms with Gasteiger partial charge in [-0.3, -0.25) is 9.69 Å². The lowest BCUT2D eigenvalue weighted by Crippen LogP contribution is -2.51. The van der Waals surface area contributed by atoms with Gasteiger partial charge in [-0.1, -0.05) is 33.8 Å². The van der Waals surface area contributed by atoms with E-state index in [9.17, 15) is 14.7 Å². The van der Waals surface area contributed by atoms with Crippen molar-refractivity contribution < 1.29 is 38.4 Å². The van der Waals surface area contributed by atoms with Gasteiger partial charge in [-0.25, -0.2) is 4.79 Å². The van der Waals surface area contributed by atoms with Crippen molar-refractivity contribution in [1.82, 2.24) is 4.90 Å². The molecule has 1 amide bonds. The topological polar surface area (TPSA) is 104 Å². The Morgan fingerprint density at radius 2 is 1.69 bits per heavy atom. The van der Waals surface area contributed by atoms with Crippen molar-refractivity contribution in [2.75, 3.05) is 27.4 Å². The van der Waals surface area contributed by atoms with E-state index < -0.39 is 35.4 Å². The number of carbonyl (C=O) groups excluding carboxylic acids is 1. The van der Waals surface area contributed by atoms with Gasteiger partial charge in [0.25, 0.3) is 0 Å². The van der Waals surface area contributed by atoms with Crippen molar-refractivity contribution in [3.63, 3.8) is 0 Å². The minimum Gasteiger partial charge on any atom is -0.493 e. The van der Waals surface area contributed by atoms with Gasteiger partial charge in [-0.05, 0) is 89.3 Å². The Morgan fingerprint density at radius 1 is 1.02 bits per heavy atom. The summed E-state index contributed by atoms with van der Waals surface area (Å²) in [5, 5.41) is 9.98. The van der Waals surface area contributed by atoms with E-state index in [2.05, 4.69) is 13.8 Å². The van der Waals surface area contributed by atoms with Crippen LogP contribution in [0.5, 0.6) is 11.5 Å². The molecule has 0 spiro atoms. The highest BCUT2D eigenvalue weighted by molar-refractivity contribution is 5.71. The van der Waals surface area contributed by atoms with E-state index in [1.54, 1.807) is 19.1 Å². The van der Waals surface area contributed by atoms with Crippen LogP contribution in [0.25, 0.3) is 0 Å². The largest absolute Gasteiger partial charge is 0.493 e. The average molecular weight is 594 g/mol. The summed E-state index contributed by atoms with van der Waals surface area (Å²) >= 11 is 0. The first kappa shape index (κ1) is 35.7. The number of amides is 1. The van der Waals surface area contributed by atoms with Crippen molar-refractivity contribution >= 4 is 12.1 Å². The highest BCUT2D eigenvalue weighted by Gasteiger charge is 2.52. The molecule has 0 aromatic heterocycles. The molecular weight excluding hydrogens is 538 g/mol. The summed E-state index contributed by atoms with van der Waals surface area (Å²) in [5.41, 5.74) is -0.541. The Hall–Kier alpha value is -2.52. The van der Waals surface area contributed by atoms with Gasteiger partial charge in [0, 0.05) is 20.1 Å². The van der Waals surface area contributed by atoms with E-state index in [4.69, 9.17) is 23.7 Å². The standard InChI is InChI=1S/C33H55NO8/c1-21(2)24(17-23-13-14-27(39-11)29(18-23)40-16-12-15-38-10)19-26-28(20-25(22(3)4)30(35)36)41-33(8,9)34(26)31(37)42-32(5,6)7/h13-14,18,21-22,24-26,28H,12,15-17,19-20H2,1-11H3,(H,35,36)/t24-,25-,26?,28?/m0/s1. The normalized spacial score (nSPS) is 20.1. The summed E-state index contributed by atoms with van der Waals surface area (Å²) in [6.45, 7) is 18.6. The molecule has 4 atom stereocenters. The molecule has 0 saturated carbocycles. The number of hydrogen-bond donors (Lipinski definition) is 1. The number of carboxylic acid groups (broad SMARTS) is 1. The van der Waals surface area contributed by atoms with Crippen molar-refractivity contribution in [3.05, 3.63) is 23.8 Å². The van der Waals surface area contributed by atoms with Crippen LogP contribution in [-0.2, 0) is 25.4 Å². The molecule has 1 fully saturated rings. The smallest absolute Gasteiger partial charge is 0.412 e. The zero-order chi connectivity index (χ0) is 31.8. The van der Waals surface area contributed by atoms with Gasteiger partial charge < -0.3 is 28.8 Å². The number of rotatable bonds is 15. The number of aliphatic carboxylic acids is 1. The Labute approximate surface area is 253 Å². The summed E-state index contributed by atoms with van der Waals surface area (Å²) in [6, 6.07) is 5.65. The Bertz CT molecular complexity index is 1020. The fraction of sp³-hybridized carbons (Fsp3) is 0.758. The van der Waals surface area contributed by atoms with Crippen LogP contribution in [0.2, 0.25) is 0 Å². The van der Waals surface area contributed by atoms with Crippen LogP contribution in [0.1, 0.15) is 87.1 Å². The maximum Gasteiger partial charge on any atom is 0.412 e. The second-order valence-corrected chi connectivity index (χ2v) is 13.6. The number of methoxy groups -OCH3 is 2. The van der Waals surface area contributed by atoms with Gasteiger partial charge in [-0.2, -0.15) is 0 Å². The number of carboxylic acids is 1. The van der Waals surface area contributed by atoms with Crippen LogP contribution >= 0.6 is 0 Å². The third kappa shape index (κ3) is 10.0. The molecule has 1 aliphatic rings. The van der Waals surface area contributed by atoms with E-state index >= 15 is 0 Å². The van der Waals surface area contributed by atoms with Gasteiger partial charge >= 0.3 is 12.1 Å². The zero-order valence-electron chi connectivity index (χ0n) is 27.7. The molecule has 42 heavy (non-hydrogen) atoms. The van der Waals surface area contributed by atoms with E-state index in [-0.39, 0.29) is 23.8 Å². The Kier molecular flexibility index (Phi) is 13.0. The first-order valence-corrected chi connectivity index (χ1v) is 15.2. The predicted molar refractivity (Wildman–Crippen MR) is 163 cm³/mol. The van der Waals surface area contributed by atoms with Crippen LogP contribution in [-0.4, -0.2) is 73.0 Å². The van der Waals surface area contributed by atoms with E-state index in [0.29, 0.717) is 37.6 Å². The third-order valence-corrected chi connectivity index (χ3v) is 7.94. The molecule has 9 heteroatoms. The van der Waals surface area contributed by atoms with Crippen LogP contribution in [0.15, 0.2) is 18.2 Å². The summed E-state index contributed by atoms with van der Waals surface area (Å²) in [4.78, 5) is 27.5. The molecule has 1 N–H and O–H groups in total. The van der Waals surface area contributed by atoms with Crippen LogP contribution in [0.3, 0.4) is 0 Å². The number of ether oxygens (including phenoxy) is 5. The van der Waals surface area contributed by atoms with Gasteiger partial charge in [0.1, 0.15) is 11.3 Å². The lowest BCUT2D eigenvalue weighted by Gasteiger charge is -2.37. The highest BCUT2D eigenvalue weighted by atomic mass is 16.6. The van der Waals surface area contributed by atoms with Crippen molar-refractivity contribution in [3.8, 4) is 11.5 Å². The minimum absolute atomic E-state index is 0.0760. The minimum atomic E-state index is -0.956. The molecule has 1 aliphatic heterocycles. The van der Waals surface area contributed by atoms with E-state index in [1.807, 2.05) is 66.7 Å². The molecule has 0 radical (unpaired) electrons. The number of nitrogens with zero attached hydrogens (tertiary/aromatic N) is 1. The lowest BCUT2D eigenvalue weighted by molar-refractivity contribution is -0.146. The van der Waals surface area contributed by atoms with Gasteiger partial charge in [0.05, 0.1) is 31.8 Å². The Balaban J connectivity index is 2.42. The molecule has 0 bridgehead atoms. The first-order chi connectivity index (χ1) is 19.5. The highest BCUT2D eigenvalue weighted by Crippen LogP contribution is 2.41. The molecule has 2 unspecified atom stereocenters. The molecule has 1 aromatic rings. The van der Waals surface area contributed by atoms with Gasteiger partial charge in [0.15, 0.2) is 11.5 Å². The monoisotopic (exact) mass is 593 g/mol. The molecule has 1 heterocycles. The second kappa shape index (κ2) is 15.3. The Morgan fingerprint density at radius 3 is 2.21 bits per heavy atom. The molecular formula is C33H55NO8. The van der Waals surface area contributed by atoms with Gasteiger partial charge in [0.2, 0.25) is 0 Å². The van der Waals surface area contributed by atoms with Crippen molar-refractivity contribution in [2.24, 2.45) is 23.7 Å². The van der Waals surface area contributed by atoms with Gasteiger partial charge in [-0.15, -0.1) is 0 Å². The quantitative estimate of drug-likeness (QED) is 0.221. The van der Waals surface area contributed by atoms with Crippen LogP contribution in [0, 0.1) is 23.7 Å². The average Bonchev–Trinajstić information content (AvgIpc) is 3.12. The maximum absolute atomic E-state index is 13.6. The van der Waals surface area contributed by atoms with E-state index in [1.165, 1.54) is 0 Å². The fourth-order valence-electron chi connectivity index (χ4n) is 5.66. The number of hydrogen-bond acceptors (Lipinski definition) is 7. The van der Waals surface area contributed by atoms with Crippen LogP contribution < -0.4 is 9.47 Å². The van der Waals surface area contributed by atoms with E-state index in [0.717, 1.165) is 18.4 Å². The molecule has 9 nitrogen and oxygen atoms in total. The second-order valence-electron chi connectivity index (χ2n) is 13.6. The maximum atomic E-state index is 13.6. The molecule has 1 saturated heterocycles. The molecule has 2 rings (SSSR count). The predicted octanol–water partition coefficient (Wildman–Crippen LogP) is 6.80.